The van der Waals surface area contributed by atoms with Gasteiger partial charge in [-0.1, -0.05) is 49.6 Å². The Labute approximate surface area is 195 Å². The molecule has 170 valence electrons. The van der Waals surface area contributed by atoms with E-state index in [9.17, 15) is 9.59 Å². The number of halogens is 1. The normalized spacial score (nSPS) is 18.5. The third kappa shape index (κ3) is 5.33. The van der Waals surface area contributed by atoms with Crippen molar-refractivity contribution in [2.24, 2.45) is 5.92 Å². The molecule has 2 aromatic rings. The van der Waals surface area contributed by atoms with E-state index in [1.165, 1.54) is 18.4 Å². The van der Waals surface area contributed by atoms with Gasteiger partial charge in [0.2, 0.25) is 5.91 Å². The van der Waals surface area contributed by atoms with Gasteiger partial charge < -0.3 is 10.2 Å². The Morgan fingerprint density at radius 3 is 2.34 bits per heavy atom. The second-order valence-electron chi connectivity index (χ2n) is 8.87. The summed E-state index contributed by atoms with van der Waals surface area (Å²) in [6.07, 6.45) is 5.48. The zero-order chi connectivity index (χ0) is 22.5. The van der Waals surface area contributed by atoms with Crippen molar-refractivity contribution in [3.05, 3.63) is 64.7 Å². The lowest BCUT2D eigenvalue weighted by molar-refractivity contribution is -0.123. The predicted octanol–water partition coefficient (Wildman–Crippen LogP) is 4.86. The molecule has 2 fully saturated rings. The third-order valence-corrected chi connectivity index (χ3v) is 7.05. The van der Waals surface area contributed by atoms with Crippen molar-refractivity contribution >= 4 is 29.1 Å². The molecule has 0 spiro atoms. The molecule has 5 nitrogen and oxygen atoms in total. The number of amides is 2. The van der Waals surface area contributed by atoms with Gasteiger partial charge in [-0.05, 0) is 61.1 Å². The maximum absolute atomic E-state index is 13.3. The number of aryl methyl sites for hydroxylation is 1. The van der Waals surface area contributed by atoms with Crippen molar-refractivity contribution in [2.45, 2.75) is 45.1 Å². The first-order valence-electron chi connectivity index (χ1n) is 11.7. The lowest BCUT2D eigenvalue weighted by Gasteiger charge is -2.40. The van der Waals surface area contributed by atoms with Gasteiger partial charge in [0.1, 0.15) is 0 Å². The van der Waals surface area contributed by atoms with Crippen LogP contribution in [-0.4, -0.2) is 53.8 Å². The van der Waals surface area contributed by atoms with E-state index >= 15 is 0 Å². The Bertz CT molecular complexity index is 932. The van der Waals surface area contributed by atoms with Gasteiger partial charge in [0, 0.05) is 42.5 Å². The molecule has 2 aromatic carbocycles. The molecule has 1 aliphatic heterocycles. The average molecular weight is 454 g/mol. The summed E-state index contributed by atoms with van der Waals surface area (Å²) in [5, 5.41) is 3.69. The first-order chi connectivity index (χ1) is 15.5. The molecule has 2 aliphatic rings. The van der Waals surface area contributed by atoms with E-state index in [2.05, 4.69) is 17.1 Å². The van der Waals surface area contributed by atoms with Gasteiger partial charge in [-0.15, -0.1) is 0 Å². The number of nitrogens with one attached hydrogen (secondary N) is 1. The zero-order valence-corrected chi connectivity index (χ0v) is 19.5. The second-order valence-corrected chi connectivity index (χ2v) is 9.30. The summed E-state index contributed by atoms with van der Waals surface area (Å²) in [7, 11) is 0. The van der Waals surface area contributed by atoms with Crippen LogP contribution in [0.3, 0.4) is 0 Å². The van der Waals surface area contributed by atoms with Gasteiger partial charge in [0.05, 0.1) is 6.04 Å². The highest BCUT2D eigenvalue weighted by Gasteiger charge is 2.37. The van der Waals surface area contributed by atoms with Gasteiger partial charge in [-0.2, -0.15) is 0 Å². The first kappa shape index (κ1) is 22.8. The summed E-state index contributed by atoms with van der Waals surface area (Å²) in [6, 6.07) is 15.0. The maximum Gasteiger partial charge on any atom is 0.253 e. The Morgan fingerprint density at radius 2 is 1.72 bits per heavy atom. The molecule has 1 aliphatic carbocycles. The van der Waals surface area contributed by atoms with Gasteiger partial charge in [-0.25, -0.2) is 0 Å². The maximum atomic E-state index is 13.3. The molecule has 1 heterocycles. The Balaban J connectivity index is 1.41. The number of hydrogen-bond donors (Lipinski definition) is 1. The number of anilines is 1. The molecule has 2 amide bonds. The van der Waals surface area contributed by atoms with E-state index in [1.54, 1.807) is 12.1 Å². The standard InChI is InChI=1S/C26H32ClN3O2/c1-2-19-10-12-21(13-11-19)26(32)30-16-14-29(15-17-30)24(20-6-3-4-7-20)25(31)28-23-9-5-8-22(27)18-23/h5,8-13,18,20,24H,2-4,6-7,14-17H2,1H3,(H,28,31). The van der Waals surface area contributed by atoms with Crippen LogP contribution >= 0.6 is 11.6 Å². The Hall–Kier alpha value is -2.37. The van der Waals surface area contributed by atoms with Gasteiger partial charge in [0.15, 0.2) is 0 Å². The molecule has 1 atom stereocenters. The Morgan fingerprint density at radius 1 is 1.03 bits per heavy atom. The predicted molar refractivity (Wildman–Crippen MR) is 129 cm³/mol. The number of hydrogen-bond acceptors (Lipinski definition) is 3. The monoisotopic (exact) mass is 453 g/mol. The number of carbonyl (C=O) groups excluding carboxylic acids is 2. The van der Waals surface area contributed by atoms with Crippen LogP contribution in [0.1, 0.15) is 48.5 Å². The molecule has 1 N–H and O–H groups in total. The topological polar surface area (TPSA) is 52.7 Å². The molecule has 0 bridgehead atoms. The molecule has 6 heteroatoms. The highest BCUT2D eigenvalue weighted by molar-refractivity contribution is 6.30. The molecule has 1 unspecified atom stereocenters. The van der Waals surface area contributed by atoms with Crippen molar-refractivity contribution in [1.82, 2.24) is 9.80 Å². The number of piperazine rings is 1. The van der Waals surface area contributed by atoms with E-state index in [0.717, 1.165) is 30.5 Å². The van der Waals surface area contributed by atoms with Crippen LogP contribution in [0.4, 0.5) is 5.69 Å². The first-order valence-corrected chi connectivity index (χ1v) is 12.1. The minimum Gasteiger partial charge on any atom is -0.336 e. The second kappa shape index (κ2) is 10.5. The molecule has 0 radical (unpaired) electrons. The highest BCUT2D eigenvalue weighted by Crippen LogP contribution is 2.32. The van der Waals surface area contributed by atoms with Crippen LogP contribution in [0.5, 0.6) is 0 Å². The van der Waals surface area contributed by atoms with Crippen LogP contribution in [-0.2, 0) is 11.2 Å². The fourth-order valence-corrected chi connectivity index (χ4v) is 5.19. The number of rotatable bonds is 6. The summed E-state index contributed by atoms with van der Waals surface area (Å²) >= 11 is 6.10. The van der Waals surface area contributed by atoms with E-state index in [1.807, 2.05) is 41.3 Å². The molecule has 32 heavy (non-hydrogen) atoms. The molecular weight excluding hydrogens is 422 g/mol. The largest absolute Gasteiger partial charge is 0.336 e. The van der Waals surface area contributed by atoms with E-state index in [4.69, 9.17) is 11.6 Å². The summed E-state index contributed by atoms with van der Waals surface area (Å²) in [6.45, 7) is 4.81. The minimum atomic E-state index is -0.169. The zero-order valence-electron chi connectivity index (χ0n) is 18.7. The quantitative estimate of drug-likeness (QED) is 0.679. The summed E-state index contributed by atoms with van der Waals surface area (Å²) in [4.78, 5) is 30.5. The van der Waals surface area contributed by atoms with E-state index < -0.39 is 0 Å². The van der Waals surface area contributed by atoms with Gasteiger partial charge in [-0.3, -0.25) is 14.5 Å². The van der Waals surface area contributed by atoms with Gasteiger partial charge >= 0.3 is 0 Å². The number of nitrogens with zero attached hydrogens (tertiary/aromatic N) is 2. The van der Waals surface area contributed by atoms with Crippen LogP contribution in [0.15, 0.2) is 48.5 Å². The lowest BCUT2D eigenvalue weighted by Crippen LogP contribution is -2.56. The third-order valence-electron chi connectivity index (χ3n) is 6.81. The summed E-state index contributed by atoms with van der Waals surface area (Å²) in [5.74, 6) is 0.472. The Kier molecular flexibility index (Phi) is 7.48. The van der Waals surface area contributed by atoms with Crippen molar-refractivity contribution in [3.63, 3.8) is 0 Å². The van der Waals surface area contributed by atoms with Crippen LogP contribution in [0, 0.1) is 5.92 Å². The molecule has 4 rings (SSSR count). The molecule has 1 saturated heterocycles. The molecule has 0 aromatic heterocycles. The van der Waals surface area contributed by atoms with Crippen LogP contribution < -0.4 is 5.32 Å². The van der Waals surface area contributed by atoms with E-state index in [0.29, 0.717) is 37.1 Å². The summed E-state index contributed by atoms with van der Waals surface area (Å²) in [5.41, 5.74) is 2.70. The lowest BCUT2D eigenvalue weighted by atomic mass is 9.94. The molecule has 1 saturated carbocycles. The van der Waals surface area contributed by atoms with Crippen LogP contribution in [0.2, 0.25) is 5.02 Å². The van der Waals surface area contributed by atoms with Crippen molar-refractivity contribution in [1.29, 1.82) is 0 Å². The van der Waals surface area contributed by atoms with Crippen LogP contribution in [0.25, 0.3) is 0 Å². The smallest absolute Gasteiger partial charge is 0.253 e. The number of benzene rings is 2. The fourth-order valence-electron chi connectivity index (χ4n) is 5.00. The van der Waals surface area contributed by atoms with E-state index in [-0.39, 0.29) is 17.9 Å². The van der Waals surface area contributed by atoms with Crippen molar-refractivity contribution in [2.75, 3.05) is 31.5 Å². The van der Waals surface area contributed by atoms with Crippen molar-refractivity contribution in [3.8, 4) is 0 Å². The number of carbonyl (C=O) groups is 2. The van der Waals surface area contributed by atoms with Gasteiger partial charge in [0.25, 0.3) is 5.91 Å². The minimum absolute atomic E-state index is 0.0362. The summed E-state index contributed by atoms with van der Waals surface area (Å²) < 4.78 is 0. The SMILES string of the molecule is CCc1ccc(C(=O)N2CCN(C(C(=O)Nc3cccc(Cl)c3)C3CCCC3)CC2)cc1. The highest BCUT2D eigenvalue weighted by atomic mass is 35.5. The van der Waals surface area contributed by atoms with Crippen molar-refractivity contribution < 1.29 is 9.59 Å². The average Bonchev–Trinajstić information content (AvgIpc) is 3.33. The molecular formula is C26H32ClN3O2. The fraction of sp³-hybridized carbons (Fsp3) is 0.462.